The van der Waals surface area contributed by atoms with Gasteiger partial charge in [0.2, 0.25) is 0 Å². The Morgan fingerprint density at radius 3 is 2.62 bits per heavy atom. The van der Waals surface area contributed by atoms with Gasteiger partial charge in [-0.15, -0.1) is 0 Å². The van der Waals surface area contributed by atoms with Gasteiger partial charge in [0.15, 0.2) is 5.82 Å². The van der Waals surface area contributed by atoms with Crippen molar-refractivity contribution in [1.82, 2.24) is 19.3 Å². The normalized spacial score (nSPS) is 10.5. The number of aryl methyl sites for hydroxylation is 2. The molecule has 21 heavy (non-hydrogen) atoms. The average molecular weight is 278 g/mol. The molecule has 0 atom stereocenters. The van der Waals surface area contributed by atoms with E-state index in [9.17, 15) is 5.26 Å². The largest absolute Gasteiger partial charge is 0.399 e. The lowest BCUT2D eigenvalue weighted by Gasteiger charge is -2.09. The Bertz CT molecular complexity index is 832. The topological polar surface area (TPSA) is 85.4 Å². The van der Waals surface area contributed by atoms with Crippen LogP contribution < -0.4 is 5.73 Å². The van der Waals surface area contributed by atoms with Gasteiger partial charge in [0.25, 0.3) is 0 Å². The number of aromatic nitrogens is 4. The fraction of sp³-hybridized carbons (Fsp3) is 0.133. The molecule has 0 aliphatic heterocycles. The van der Waals surface area contributed by atoms with E-state index >= 15 is 0 Å². The number of nitriles is 1. The lowest BCUT2D eigenvalue weighted by atomic mass is 10.2. The molecule has 0 bridgehead atoms. The van der Waals surface area contributed by atoms with Crippen molar-refractivity contribution in [3.8, 4) is 23.3 Å². The van der Waals surface area contributed by atoms with E-state index in [4.69, 9.17) is 5.73 Å². The van der Waals surface area contributed by atoms with Gasteiger partial charge in [-0.3, -0.25) is 9.25 Å². The molecule has 0 amide bonds. The summed E-state index contributed by atoms with van der Waals surface area (Å²) in [6.45, 7) is 1.82. The Labute approximate surface area is 122 Å². The van der Waals surface area contributed by atoms with E-state index in [0.717, 1.165) is 11.4 Å². The van der Waals surface area contributed by atoms with E-state index < -0.39 is 0 Å². The highest BCUT2D eigenvalue weighted by molar-refractivity contribution is 5.62. The molecule has 2 N–H and O–H groups in total. The molecule has 6 heteroatoms. The highest BCUT2D eigenvalue weighted by Gasteiger charge is 2.18. The van der Waals surface area contributed by atoms with E-state index in [1.165, 1.54) is 0 Å². The van der Waals surface area contributed by atoms with Crippen LogP contribution in [-0.4, -0.2) is 19.3 Å². The summed E-state index contributed by atoms with van der Waals surface area (Å²) < 4.78 is 3.56. The molecule has 6 nitrogen and oxygen atoms in total. The second-order valence-corrected chi connectivity index (χ2v) is 4.76. The van der Waals surface area contributed by atoms with E-state index in [1.807, 2.05) is 49.0 Å². The van der Waals surface area contributed by atoms with Crippen molar-refractivity contribution in [3.05, 3.63) is 47.9 Å². The lowest BCUT2D eigenvalue weighted by Crippen LogP contribution is -2.05. The minimum atomic E-state index is 0.548. The first-order valence-corrected chi connectivity index (χ1v) is 6.45. The fourth-order valence-electron chi connectivity index (χ4n) is 2.37. The van der Waals surface area contributed by atoms with Gasteiger partial charge in [-0.05, 0) is 31.2 Å². The summed E-state index contributed by atoms with van der Waals surface area (Å²) in [7, 11) is 1.82. The molecular formula is C15H14N6. The average Bonchev–Trinajstić information content (AvgIpc) is 3.03. The summed E-state index contributed by atoms with van der Waals surface area (Å²) in [5.74, 6) is 1.45. The van der Waals surface area contributed by atoms with Crippen LogP contribution in [0.1, 0.15) is 11.3 Å². The third-order valence-electron chi connectivity index (χ3n) is 3.34. The van der Waals surface area contributed by atoms with Gasteiger partial charge in [0.1, 0.15) is 17.5 Å². The van der Waals surface area contributed by atoms with E-state index in [-0.39, 0.29) is 0 Å². The van der Waals surface area contributed by atoms with Crippen LogP contribution >= 0.6 is 0 Å². The standard InChI is InChI=1S/C15H14N6/c1-10-13(9-16)15(20(2)19-10)21-8-7-18-14(21)11-3-5-12(17)6-4-11/h3-8H,17H2,1-2H3. The van der Waals surface area contributed by atoms with Crippen molar-refractivity contribution in [1.29, 1.82) is 5.26 Å². The second kappa shape index (κ2) is 4.80. The molecule has 104 valence electrons. The maximum Gasteiger partial charge on any atom is 0.154 e. The Hall–Kier alpha value is -3.07. The highest BCUT2D eigenvalue weighted by atomic mass is 15.3. The number of nitrogens with two attached hydrogens (primary N) is 1. The molecule has 0 aliphatic rings. The minimum Gasteiger partial charge on any atom is -0.399 e. The van der Waals surface area contributed by atoms with Crippen molar-refractivity contribution in [2.24, 2.45) is 7.05 Å². The molecule has 0 aliphatic carbocycles. The fourth-order valence-corrected chi connectivity index (χ4v) is 2.37. The van der Waals surface area contributed by atoms with Crippen LogP contribution in [0, 0.1) is 18.3 Å². The lowest BCUT2D eigenvalue weighted by molar-refractivity contribution is 0.723. The smallest absolute Gasteiger partial charge is 0.154 e. The van der Waals surface area contributed by atoms with Crippen molar-refractivity contribution < 1.29 is 0 Å². The number of imidazole rings is 1. The van der Waals surface area contributed by atoms with Gasteiger partial charge in [0, 0.05) is 30.7 Å². The van der Waals surface area contributed by atoms with E-state index in [1.54, 1.807) is 10.9 Å². The number of hydrogen-bond donors (Lipinski definition) is 1. The first-order chi connectivity index (χ1) is 10.1. The maximum atomic E-state index is 9.36. The molecule has 0 spiro atoms. The number of nitrogen functional groups attached to an aromatic ring is 1. The van der Waals surface area contributed by atoms with Crippen LogP contribution in [-0.2, 0) is 7.05 Å². The summed E-state index contributed by atoms with van der Waals surface area (Å²) in [5.41, 5.74) is 8.59. The molecule has 0 saturated carbocycles. The molecule has 3 aromatic rings. The van der Waals surface area contributed by atoms with Crippen LogP contribution in [0.5, 0.6) is 0 Å². The first-order valence-electron chi connectivity index (χ1n) is 6.45. The summed E-state index contributed by atoms with van der Waals surface area (Å²) >= 11 is 0. The summed E-state index contributed by atoms with van der Waals surface area (Å²) in [6, 6.07) is 9.68. The maximum absolute atomic E-state index is 9.36. The van der Waals surface area contributed by atoms with Gasteiger partial charge in [-0.2, -0.15) is 10.4 Å². The molecule has 0 unspecified atom stereocenters. The zero-order valence-corrected chi connectivity index (χ0v) is 11.8. The monoisotopic (exact) mass is 278 g/mol. The van der Waals surface area contributed by atoms with Crippen LogP contribution in [0.4, 0.5) is 5.69 Å². The predicted molar refractivity (Wildman–Crippen MR) is 79.6 cm³/mol. The van der Waals surface area contributed by atoms with Gasteiger partial charge in [-0.25, -0.2) is 4.98 Å². The molecule has 0 fully saturated rings. The quantitative estimate of drug-likeness (QED) is 0.727. The third kappa shape index (κ3) is 2.05. The second-order valence-electron chi connectivity index (χ2n) is 4.76. The molecule has 3 rings (SSSR count). The Morgan fingerprint density at radius 1 is 1.24 bits per heavy atom. The van der Waals surface area contributed by atoms with Crippen LogP contribution in [0.25, 0.3) is 17.2 Å². The van der Waals surface area contributed by atoms with Crippen LogP contribution in [0.2, 0.25) is 0 Å². The third-order valence-corrected chi connectivity index (χ3v) is 3.34. The van der Waals surface area contributed by atoms with Crippen molar-refractivity contribution >= 4 is 5.69 Å². The van der Waals surface area contributed by atoms with E-state index in [2.05, 4.69) is 16.2 Å². The number of rotatable bonds is 2. The van der Waals surface area contributed by atoms with Gasteiger partial charge in [-0.1, -0.05) is 0 Å². The van der Waals surface area contributed by atoms with Gasteiger partial charge < -0.3 is 5.73 Å². The van der Waals surface area contributed by atoms with Crippen LogP contribution in [0.15, 0.2) is 36.7 Å². The summed E-state index contributed by atoms with van der Waals surface area (Å²) in [4.78, 5) is 4.39. The van der Waals surface area contributed by atoms with Crippen molar-refractivity contribution in [2.75, 3.05) is 5.73 Å². The molecule has 2 aromatic heterocycles. The molecule has 2 heterocycles. The summed E-state index contributed by atoms with van der Waals surface area (Å²) in [6.07, 6.45) is 3.53. The van der Waals surface area contributed by atoms with Crippen molar-refractivity contribution in [3.63, 3.8) is 0 Å². The van der Waals surface area contributed by atoms with Crippen LogP contribution in [0.3, 0.4) is 0 Å². The molecule has 0 saturated heterocycles. The Morgan fingerprint density at radius 2 is 1.95 bits per heavy atom. The van der Waals surface area contributed by atoms with Gasteiger partial charge >= 0.3 is 0 Å². The highest BCUT2D eigenvalue weighted by Crippen LogP contribution is 2.25. The summed E-state index contributed by atoms with van der Waals surface area (Å²) in [5, 5.41) is 13.7. The predicted octanol–water partition coefficient (Wildman–Crippen LogP) is 2.04. The van der Waals surface area contributed by atoms with Crippen molar-refractivity contribution in [2.45, 2.75) is 6.92 Å². The number of benzene rings is 1. The number of anilines is 1. The zero-order valence-electron chi connectivity index (χ0n) is 11.8. The molecular weight excluding hydrogens is 264 g/mol. The zero-order chi connectivity index (χ0) is 15.0. The minimum absolute atomic E-state index is 0.548. The Kier molecular flexibility index (Phi) is 2.95. The van der Waals surface area contributed by atoms with Gasteiger partial charge in [0.05, 0.1) is 5.69 Å². The molecule has 1 aromatic carbocycles. The number of hydrogen-bond acceptors (Lipinski definition) is 4. The molecule has 0 radical (unpaired) electrons. The first kappa shape index (κ1) is 12.9. The number of nitrogens with zero attached hydrogens (tertiary/aromatic N) is 5. The Balaban J connectivity index is 2.21. The SMILES string of the molecule is Cc1nn(C)c(-n2ccnc2-c2ccc(N)cc2)c1C#N. The van der Waals surface area contributed by atoms with E-state index in [0.29, 0.717) is 22.8 Å².